The maximum atomic E-state index is 13.1. The van der Waals surface area contributed by atoms with Crippen LogP contribution in [0.25, 0.3) is 0 Å². The van der Waals surface area contributed by atoms with Gasteiger partial charge in [0.1, 0.15) is 0 Å². The van der Waals surface area contributed by atoms with Gasteiger partial charge in [0.15, 0.2) is 0 Å². The van der Waals surface area contributed by atoms with E-state index >= 15 is 0 Å². The number of ether oxygens (including phenoxy) is 1. The van der Waals surface area contributed by atoms with Gasteiger partial charge >= 0.3 is 0 Å². The van der Waals surface area contributed by atoms with E-state index in [2.05, 4.69) is 5.32 Å². The molecule has 1 aliphatic rings. The standard InChI is InChI=1S/C19H20N2O3/c20-17(22)15-8-4-5-9-16(15)21-18(23)19(10-12-24-13-11-19)14-6-2-1-3-7-14/h1-9H,10-13H2,(H2,20,22)(H,21,23). The van der Waals surface area contributed by atoms with Crippen molar-refractivity contribution in [2.24, 2.45) is 5.73 Å². The molecule has 1 fully saturated rings. The van der Waals surface area contributed by atoms with Crippen LogP contribution < -0.4 is 11.1 Å². The first kappa shape index (κ1) is 16.2. The van der Waals surface area contributed by atoms with E-state index in [0.717, 1.165) is 5.56 Å². The van der Waals surface area contributed by atoms with E-state index < -0.39 is 11.3 Å². The molecule has 1 heterocycles. The number of para-hydroxylation sites is 1. The van der Waals surface area contributed by atoms with Crippen LogP contribution in [0.1, 0.15) is 28.8 Å². The number of hydrogen-bond acceptors (Lipinski definition) is 3. The van der Waals surface area contributed by atoms with Crippen molar-refractivity contribution >= 4 is 17.5 Å². The number of rotatable bonds is 4. The zero-order valence-corrected chi connectivity index (χ0v) is 13.3. The van der Waals surface area contributed by atoms with Crippen LogP contribution in [0.15, 0.2) is 54.6 Å². The summed E-state index contributed by atoms with van der Waals surface area (Å²) in [6.45, 7) is 1.06. The number of hydrogen-bond donors (Lipinski definition) is 2. The summed E-state index contributed by atoms with van der Waals surface area (Å²) in [7, 11) is 0. The van der Waals surface area contributed by atoms with E-state index in [0.29, 0.717) is 37.3 Å². The molecule has 0 radical (unpaired) electrons. The van der Waals surface area contributed by atoms with Gasteiger partial charge in [0.25, 0.3) is 5.91 Å². The van der Waals surface area contributed by atoms with Crippen molar-refractivity contribution < 1.29 is 14.3 Å². The van der Waals surface area contributed by atoms with Crippen molar-refractivity contribution in [3.05, 3.63) is 65.7 Å². The molecular weight excluding hydrogens is 304 g/mol. The predicted molar refractivity (Wildman–Crippen MR) is 91.8 cm³/mol. The van der Waals surface area contributed by atoms with Crippen LogP contribution in [0.2, 0.25) is 0 Å². The molecule has 3 N–H and O–H groups in total. The molecule has 0 aromatic heterocycles. The van der Waals surface area contributed by atoms with Gasteiger partial charge in [0.05, 0.1) is 16.7 Å². The first-order valence-electron chi connectivity index (χ1n) is 7.97. The topological polar surface area (TPSA) is 81.4 Å². The summed E-state index contributed by atoms with van der Waals surface area (Å²) in [5.41, 5.74) is 6.45. The maximum Gasteiger partial charge on any atom is 0.250 e. The third kappa shape index (κ3) is 3.03. The summed E-state index contributed by atoms with van der Waals surface area (Å²) in [5, 5.41) is 2.91. The van der Waals surface area contributed by atoms with E-state index in [-0.39, 0.29) is 5.91 Å². The van der Waals surface area contributed by atoms with Crippen molar-refractivity contribution in [2.75, 3.05) is 18.5 Å². The van der Waals surface area contributed by atoms with Gasteiger partial charge < -0.3 is 15.8 Å². The summed E-state index contributed by atoms with van der Waals surface area (Å²) < 4.78 is 5.45. The van der Waals surface area contributed by atoms with Gasteiger partial charge in [-0.2, -0.15) is 0 Å². The molecule has 0 atom stereocenters. The third-order valence-electron chi connectivity index (χ3n) is 4.55. The summed E-state index contributed by atoms with van der Waals surface area (Å²) in [4.78, 5) is 24.7. The molecular formula is C19H20N2O3. The largest absolute Gasteiger partial charge is 0.381 e. The second-order valence-corrected chi connectivity index (χ2v) is 5.92. The normalized spacial score (nSPS) is 16.3. The smallest absolute Gasteiger partial charge is 0.250 e. The molecule has 0 bridgehead atoms. The SMILES string of the molecule is NC(=O)c1ccccc1NC(=O)C1(c2ccccc2)CCOCC1. The van der Waals surface area contributed by atoms with Gasteiger partial charge in [-0.25, -0.2) is 0 Å². The Morgan fingerprint density at radius 3 is 2.25 bits per heavy atom. The van der Waals surface area contributed by atoms with Crippen LogP contribution >= 0.6 is 0 Å². The number of nitrogens with one attached hydrogen (secondary N) is 1. The first-order chi connectivity index (χ1) is 11.6. The minimum absolute atomic E-state index is 0.134. The van der Waals surface area contributed by atoms with Gasteiger partial charge in [-0.15, -0.1) is 0 Å². The molecule has 0 unspecified atom stereocenters. The van der Waals surface area contributed by atoms with Gasteiger partial charge in [-0.1, -0.05) is 42.5 Å². The summed E-state index contributed by atoms with van der Waals surface area (Å²) in [6.07, 6.45) is 1.20. The van der Waals surface area contributed by atoms with Gasteiger partial charge in [0.2, 0.25) is 5.91 Å². The fraction of sp³-hybridized carbons (Fsp3) is 0.263. The quantitative estimate of drug-likeness (QED) is 0.906. The van der Waals surface area contributed by atoms with Crippen molar-refractivity contribution in [2.45, 2.75) is 18.3 Å². The zero-order valence-electron chi connectivity index (χ0n) is 13.3. The second-order valence-electron chi connectivity index (χ2n) is 5.92. The van der Waals surface area contributed by atoms with E-state index in [1.165, 1.54) is 0 Å². The highest BCUT2D eigenvalue weighted by molar-refractivity contribution is 6.05. The van der Waals surface area contributed by atoms with Crippen molar-refractivity contribution in [3.63, 3.8) is 0 Å². The number of benzene rings is 2. The Balaban J connectivity index is 1.95. The van der Waals surface area contributed by atoms with Gasteiger partial charge in [0, 0.05) is 13.2 Å². The van der Waals surface area contributed by atoms with Gasteiger partial charge in [-0.3, -0.25) is 9.59 Å². The molecule has 5 heteroatoms. The highest BCUT2D eigenvalue weighted by Crippen LogP contribution is 2.36. The lowest BCUT2D eigenvalue weighted by molar-refractivity contribution is -0.125. The molecule has 0 aliphatic carbocycles. The van der Waals surface area contributed by atoms with E-state index in [1.54, 1.807) is 24.3 Å². The van der Waals surface area contributed by atoms with Crippen LogP contribution in [0.4, 0.5) is 5.69 Å². The molecule has 0 spiro atoms. The van der Waals surface area contributed by atoms with Crippen LogP contribution in [0.5, 0.6) is 0 Å². The Morgan fingerprint density at radius 1 is 0.958 bits per heavy atom. The van der Waals surface area contributed by atoms with E-state index in [4.69, 9.17) is 10.5 Å². The molecule has 124 valence electrons. The minimum Gasteiger partial charge on any atom is -0.381 e. The maximum absolute atomic E-state index is 13.1. The highest BCUT2D eigenvalue weighted by Gasteiger charge is 2.41. The lowest BCUT2D eigenvalue weighted by Gasteiger charge is -2.36. The Labute approximate surface area is 140 Å². The van der Waals surface area contributed by atoms with Crippen molar-refractivity contribution in [1.29, 1.82) is 0 Å². The first-order valence-corrected chi connectivity index (χ1v) is 7.97. The number of carbonyl (C=O) groups excluding carboxylic acids is 2. The van der Waals surface area contributed by atoms with Crippen LogP contribution in [-0.2, 0) is 14.9 Å². The number of primary amides is 1. The fourth-order valence-electron chi connectivity index (χ4n) is 3.17. The monoisotopic (exact) mass is 324 g/mol. The third-order valence-corrected chi connectivity index (χ3v) is 4.55. The second kappa shape index (κ2) is 6.84. The summed E-state index contributed by atoms with van der Waals surface area (Å²) >= 11 is 0. The van der Waals surface area contributed by atoms with Crippen molar-refractivity contribution in [1.82, 2.24) is 0 Å². The number of carbonyl (C=O) groups is 2. The fourth-order valence-corrected chi connectivity index (χ4v) is 3.17. The van der Waals surface area contributed by atoms with Crippen LogP contribution in [0.3, 0.4) is 0 Å². The Bertz CT molecular complexity index is 737. The molecule has 1 saturated heterocycles. The number of amides is 2. The summed E-state index contributed by atoms with van der Waals surface area (Å²) in [5.74, 6) is -0.697. The van der Waals surface area contributed by atoms with E-state index in [9.17, 15) is 9.59 Å². The zero-order chi connectivity index (χ0) is 17.0. The van der Waals surface area contributed by atoms with Gasteiger partial charge in [-0.05, 0) is 30.5 Å². The summed E-state index contributed by atoms with van der Waals surface area (Å²) in [6, 6.07) is 16.5. The minimum atomic E-state index is -0.662. The van der Waals surface area contributed by atoms with Crippen LogP contribution in [0, 0.1) is 0 Å². The molecule has 2 aromatic rings. The lowest BCUT2D eigenvalue weighted by atomic mass is 9.73. The Kier molecular flexibility index (Phi) is 4.62. The number of nitrogens with two attached hydrogens (primary N) is 1. The lowest BCUT2D eigenvalue weighted by Crippen LogP contribution is -2.45. The van der Waals surface area contributed by atoms with E-state index in [1.807, 2.05) is 30.3 Å². The average molecular weight is 324 g/mol. The molecule has 3 rings (SSSR count). The molecule has 2 amide bonds. The molecule has 5 nitrogen and oxygen atoms in total. The predicted octanol–water partition coefficient (Wildman–Crippen LogP) is 2.47. The molecule has 2 aromatic carbocycles. The van der Waals surface area contributed by atoms with Crippen molar-refractivity contribution in [3.8, 4) is 0 Å². The number of anilines is 1. The molecule has 0 saturated carbocycles. The van der Waals surface area contributed by atoms with Crippen LogP contribution in [-0.4, -0.2) is 25.0 Å². The highest BCUT2D eigenvalue weighted by atomic mass is 16.5. The Morgan fingerprint density at radius 2 is 1.58 bits per heavy atom. The molecule has 1 aliphatic heterocycles. The average Bonchev–Trinajstić information content (AvgIpc) is 2.63. The Hall–Kier alpha value is -2.66. The molecule has 24 heavy (non-hydrogen) atoms.